The molecule has 8 nitrogen and oxygen atoms in total. The summed E-state index contributed by atoms with van der Waals surface area (Å²) in [6.45, 7) is -0.116. The first-order valence-corrected chi connectivity index (χ1v) is 9.38. The molecule has 1 heterocycles. The van der Waals surface area contributed by atoms with E-state index in [2.05, 4.69) is 19.7 Å². The molecule has 0 amide bonds. The fraction of sp³-hybridized carbons (Fsp3) is 0.357. The van der Waals surface area contributed by atoms with Gasteiger partial charge in [-0.3, -0.25) is 0 Å². The molecule has 0 saturated heterocycles. The van der Waals surface area contributed by atoms with Gasteiger partial charge in [0.1, 0.15) is 4.90 Å². The number of anilines is 2. The van der Waals surface area contributed by atoms with Crippen LogP contribution in [0.15, 0.2) is 23.1 Å². The van der Waals surface area contributed by atoms with Gasteiger partial charge >= 0.3 is 0 Å². The highest BCUT2D eigenvalue weighted by Crippen LogP contribution is 2.25. The molecule has 1 aromatic heterocycles. The van der Waals surface area contributed by atoms with Crippen LogP contribution in [0.1, 0.15) is 5.82 Å². The Bertz CT molecular complexity index is 847. The maximum absolute atomic E-state index is 12.5. The van der Waals surface area contributed by atoms with Gasteiger partial charge in [-0.15, -0.1) is 0 Å². The number of rotatable bonds is 6. The van der Waals surface area contributed by atoms with Gasteiger partial charge in [-0.2, -0.15) is 15.0 Å². The van der Waals surface area contributed by atoms with E-state index in [0.717, 1.165) is 0 Å². The van der Waals surface area contributed by atoms with Crippen molar-refractivity contribution < 1.29 is 8.42 Å². The fourth-order valence-corrected chi connectivity index (χ4v) is 3.54. The summed E-state index contributed by atoms with van der Waals surface area (Å²) in [6.07, 6.45) is 0. The van der Waals surface area contributed by atoms with Gasteiger partial charge < -0.3 is 9.80 Å². The highest BCUT2D eigenvalue weighted by molar-refractivity contribution is 7.89. The number of nitrogens with zero attached hydrogens (tertiary/aromatic N) is 5. The van der Waals surface area contributed by atoms with Crippen molar-refractivity contribution in [1.29, 1.82) is 0 Å². The second kappa shape index (κ2) is 7.69. The topological polar surface area (TPSA) is 91.3 Å². The van der Waals surface area contributed by atoms with Crippen LogP contribution in [0, 0.1) is 0 Å². The van der Waals surface area contributed by atoms with Gasteiger partial charge in [0, 0.05) is 33.2 Å². The van der Waals surface area contributed by atoms with Crippen molar-refractivity contribution in [1.82, 2.24) is 19.7 Å². The number of hydrogen-bond donors (Lipinski definition) is 1. The quantitative estimate of drug-likeness (QED) is 0.784. The van der Waals surface area contributed by atoms with E-state index in [-0.39, 0.29) is 27.3 Å². The average Bonchev–Trinajstić information content (AvgIpc) is 2.54. The summed E-state index contributed by atoms with van der Waals surface area (Å²) in [4.78, 5) is 16.1. The Labute approximate surface area is 156 Å². The minimum absolute atomic E-state index is 0.0792. The lowest BCUT2D eigenvalue weighted by atomic mass is 10.4. The number of aromatic nitrogens is 3. The summed E-state index contributed by atoms with van der Waals surface area (Å²) in [5, 5.41) is 0.352. The van der Waals surface area contributed by atoms with E-state index in [4.69, 9.17) is 23.2 Å². The first kappa shape index (κ1) is 19.6. The van der Waals surface area contributed by atoms with Crippen LogP contribution < -0.4 is 14.5 Å². The predicted octanol–water partition coefficient (Wildman–Crippen LogP) is 1.79. The van der Waals surface area contributed by atoms with E-state index < -0.39 is 10.0 Å². The standard InChI is InChI=1S/C14H18Cl2N6O2S/c1-21(2)13-18-12(19-14(20-13)22(3)4)8-17-25(23,24)11-7-9(15)5-6-10(11)16/h5-7,17H,8H2,1-4H3. The smallest absolute Gasteiger partial charge is 0.242 e. The fourth-order valence-electron chi connectivity index (χ4n) is 1.79. The van der Waals surface area contributed by atoms with Crippen LogP contribution in [0.25, 0.3) is 0 Å². The minimum Gasteiger partial charge on any atom is -0.347 e. The lowest BCUT2D eigenvalue weighted by Crippen LogP contribution is -2.26. The summed E-state index contributed by atoms with van der Waals surface area (Å²) < 4.78 is 27.4. The van der Waals surface area contributed by atoms with Gasteiger partial charge in [0.15, 0.2) is 5.82 Å². The van der Waals surface area contributed by atoms with Crippen molar-refractivity contribution in [3.63, 3.8) is 0 Å². The van der Waals surface area contributed by atoms with Gasteiger partial charge in [0.25, 0.3) is 0 Å². The number of benzene rings is 1. The number of sulfonamides is 1. The molecular weight excluding hydrogens is 387 g/mol. The number of halogens is 2. The van der Waals surface area contributed by atoms with Crippen LogP contribution in [0.2, 0.25) is 10.0 Å². The Kier molecular flexibility index (Phi) is 6.04. The summed E-state index contributed by atoms with van der Waals surface area (Å²) in [5.74, 6) is 1.13. The van der Waals surface area contributed by atoms with Crippen LogP contribution in [-0.2, 0) is 16.6 Å². The zero-order chi connectivity index (χ0) is 18.8. The molecule has 1 N–H and O–H groups in total. The normalized spacial score (nSPS) is 11.4. The molecule has 0 fully saturated rings. The Morgan fingerprint density at radius 1 is 1.00 bits per heavy atom. The molecule has 0 radical (unpaired) electrons. The van der Waals surface area contributed by atoms with E-state index in [0.29, 0.717) is 11.9 Å². The molecule has 136 valence electrons. The third kappa shape index (κ3) is 4.91. The highest BCUT2D eigenvalue weighted by Gasteiger charge is 2.19. The molecule has 25 heavy (non-hydrogen) atoms. The molecular formula is C14H18Cl2N6O2S. The SMILES string of the molecule is CN(C)c1nc(CNS(=O)(=O)c2cc(Cl)ccc2Cl)nc(N(C)C)n1. The molecule has 11 heteroatoms. The Hall–Kier alpha value is -1.68. The van der Waals surface area contributed by atoms with Crippen molar-refractivity contribution in [2.45, 2.75) is 11.4 Å². The van der Waals surface area contributed by atoms with Gasteiger partial charge in [0.2, 0.25) is 21.9 Å². The van der Waals surface area contributed by atoms with Gasteiger partial charge in [-0.05, 0) is 18.2 Å². The molecule has 2 aromatic rings. The second-order valence-corrected chi connectivity index (χ2v) is 8.12. The Morgan fingerprint density at radius 2 is 1.56 bits per heavy atom. The van der Waals surface area contributed by atoms with E-state index in [1.807, 2.05) is 0 Å². The number of nitrogens with one attached hydrogen (secondary N) is 1. The predicted molar refractivity (Wildman–Crippen MR) is 99.0 cm³/mol. The third-order valence-electron chi connectivity index (χ3n) is 3.06. The Balaban J connectivity index is 2.29. The largest absolute Gasteiger partial charge is 0.347 e. The molecule has 1 aromatic carbocycles. The molecule has 0 bridgehead atoms. The summed E-state index contributed by atoms with van der Waals surface area (Å²) >= 11 is 11.8. The van der Waals surface area contributed by atoms with E-state index in [1.165, 1.54) is 18.2 Å². The third-order valence-corrected chi connectivity index (χ3v) is 5.18. The zero-order valence-corrected chi connectivity index (χ0v) is 16.5. The monoisotopic (exact) mass is 404 g/mol. The minimum atomic E-state index is -3.87. The van der Waals surface area contributed by atoms with Crippen LogP contribution in [0.3, 0.4) is 0 Å². The summed E-state index contributed by atoms with van der Waals surface area (Å²) in [7, 11) is 3.27. The molecule has 0 spiro atoms. The van der Waals surface area contributed by atoms with E-state index >= 15 is 0 Å². The van der Waals surface area contributed by atoms with Crippen molar-refractivity contribution in [3.05, 3.63) is 34.1 Å². The van der Waals surface area contributed by atoms with Gasteiger partial charge in [0.05, 0.1) is 11.6 Å². The van der Waals surface area contributed by atoms with Crippen LogP contribution in [0.5, 0.6) is 0 Å². The van der Waals surface area contributed by atoms with Crippen LogP contribution in [0.4, 0.5) is 11.9 Å². The van der Waals surface area contributed by atoms with Crippen LogP contribution in [-0.4, -0.2) is 51.6 Å². The molecule has 0 aliphatic carbocycles. The van der Waals surface area contributed by atoms with E-state index in [9.17, 15) is 8.42 Å². The van der Waals surface area contributed by atoms with Crippen molar-refractivity contribution >= 4 is 45.1 Å². The van der Waals surface area contributed by atoms with Crippen molar-refractivity contribution in [2.24, 2.45) is 0 Å². The molecule has 2 rings (SSSR count). The molecule has 0 unspecified atom stereocenters. The lowest BCUT2D eigenvalue weighted by molar-refractivity contribution is 0.579. The average molecular weight is 405 g/mol. The molecule has 0 aliphatic rings. The van der Waals surface area contributed by atoms with Crippen molar-refractivity contribution in [3.8, 4) is 0 Å². The molecule has 0 atom stereocenters. The van der Waals surface area contributed by atoms with Crippen LogP contribution >= 0.6 is 23.2 Å². The maximum atomic E-state index is 12.5. The molecule has 0 aliphatic heterocycles. The first-order chi connectivity index (χ1) is 11.6. The van der Waals surface area contributed by atoms with Gasteiger partial charge in [-0.1, -0.05) is 23.2 Å². The van der Waals surface area contributed by atoms with Gasteiger partial charge in [-0.25, -0.2) is 13.1 Å². The zero-order valence-electron chi connectivity index (χ0n) is 14.2. The second-order valence-electron chi connectivity index (χ2n) is 5.54. The summed E-state index contributed by atoms with van der Waals surface area (Å²) in [5.41, 5.74) is 0. The first-order valence-electron chi connectivity index (χ1n) is 7.14. The Morgan fingerprint density at radius 3 is 2.08 bits per heavy atom. The highest BCUT2D eigenvalue weighted by atomic mass is 35.5. The van der Waals surface area contributed by atoms with E-state index in [1.54, 1.807) is 38.0 Å². The maximum Gasteiger partial charge on any atom is 0.242 e. The summed E-state index contributed by atoms with van der Waals surface area (Å²) in [6, 6.07) is 4.23. The van der Waals surface area contributed by atoms with Crippen molar-refractivity contribution in [2.75, 3.05) is 38.0 Å². The number of hydrogen-bond acceptors (Lipinski definition) is 7. The molecule has 0 saturated carbocycles. The lowest BCUT2D eigenvalue weighted by Gasteiger charge is -2.16.